The molecule has 2 aliphatic rings. The van der Waals surface area contributed by atoms with Crippen LogP contribution in [-0.2, 0) is 35.9 Å². The van der Waals surface area contributed by atoms with Crippen LogP contribution in [0.3, 0.4) is 0 Å². The van der Waals surface area contributed by atoms with Gasteiger partial charge in [0, 0.05) is 74.9 Å². The summed E-state index contributed by atoms with van der Waals surface area (Å²) in [5.41, 5.74) is 3.74. The maximum absolute atomic E-state index is 13.4. The predicted molar refractivity (Wildman–Crippen MR) is 156 cm³/mol. The van der Waals surface area contributed by atoms with Crippen molar-refractivity contribution in [2.45, 2.75) is 44.6 Å². The first-order valence-electron chi connectivity index (χ1n) is 14.5. The normalized spacial score (nSPS) is 18.7. The maximum atomic E-state index is 13.4. The van der Waals surface area contributed by atoms with Crippen molar-refractivity contribution in [3.63, 3.8) is 0 Å². The highest BCUT2D eigenvalue weighted by Crippen LogP contribution is 2.24. The minimum Gasteiger partial charge on any atom is -0.351 e. The molecule has 5 rings (SSSR count). The second kappa shape index (κ2) is 13.4. The van der Waals surface area contributed by atoms with Crippen LogP contribution >= 0.6 is 0 Å². The van der Waals surface area contributed by atoms with E-state index in [1.165, 1.54) is 0 Å². The van der Waals surface area contributed by atoms with Crippen molar-refractivity contribution in [2.24, 2.45) is 7.05 Å². The number of carbonyl (C=O) groups excluding carboxylic acids is 4. The molecule has 2 bridgehead atoms. The Morgan fingerprint density at radius 1 is 1.02 bits per heavy atom. The second-order valence-electron chi connectivity index (χ2n) is 10.8. The van der Waals surface area contributed by atoms with Gasteiger partial charge in [-0.15, -0.1) is 0 Å². The third-order valence-electron chi connectivity index (χ3n) is 7.94. The zero-order valence-electron chi connectivity index (χ0n) is 23.9. The lowest BCUT2D eigenvalue weighted by Gasteiger charge is -2.27. The van der Waals surface area contributed by atoms with Gasteiger partial charge >= 0.3 is 0 Å². The molecule has 2 aromatic heterocycles. The van der Waals surface area contributed by atoms with Gasteiger partial charge in [0.25, 0.3) is 11.8 Å². The Bertz CT molecular complexity index is 1420. The first-order chi connectivity index (χ1) is 20.4. The number of nitrogens with zero attached hydrogens (tertiary/aromatic N) is 5. The number of aromatic nitrogens is 3. The molecule has 4 amide bonds. The Hall–Kier alpha value is -4.54. The van der Waals surface area contributed by atoms with E-state index in [0.717, 1.165) is 23.2 Å². The average Bonchev–Trinajstić information content (AvgIpc) is 3.34. The highest BCUT2D eigenvalue weighted by Gasteiger charge is 2.30. The number of pyridine rings is 1. The molecule has 3 heterocycles. The number of hydrogen-bond donors (Lipinski definition) is 2. The van der Waals surface area contributed by atoms with Crippen molar-refractivity contribution in [1.82, 2.24) is 35.2 Å². The molecule has 2 N–H and O–H groups in total. The number of nitrogens with one attached hydrogen (secondary N) is 2. The Morgan fingerprint density at radius 3 is 2.60 bits per heavy atom. The molecule has 3 aromatic rings. The number of carbonyl (C=O) groups is 4. The molecule has 0 fully saturated rings. The van der Waals surface area contributed by atoms with E-state index in [9.17, 15) is 19.2 Å². The fourth-order valence-corrected chi connectivity index (χ4v) is 5.70. The van der Waals surface area contributed by atoms with Gasteiger partial charge in [0.15, 0.2) is 5.69 Å². The summed E-state index contributed by atoms with van der Waals surface area (Å²) < 4.78 is 1.74. The lowest BCUT2D eigenvalue weighted by Crippen LogP contribution is -2.46. The molecule has 1 aromatic carbocycles. The van der Waals surface area contributed by atoms with Crippen LogP contribution < -0.4 is 10.6 Å². The van der Waals surface area contributed by atoms with Crippen molar-refractivity contribution in [1.29, 1.82) is 0 Å². The van der Waals surface area contributed by atoms with Crippen LogP contribution in [0.15, 0.2) is 54.9 Å². The van der Waals surface area contributed by atoms with E-state index in [2.05, 4.69) is 20.7 Å². The lowest BCUT2D eigenvalue weighted by molar-refractivity contribution is -0.136. The van der Waals surface area contributed by atoms with Crippen molar-refractivity contribution < 1.29 is 19.2 Å². The largest absolute Gasteiger partial charge is 0.351 e. The maximum Gasteiger partial charge on any atom is 0.272 e. The summed E-state index contributed by atoms with van der Waals surface area (Å²) in [6.07, 6.45) is 6.26. The van der Waals surface area contributed by atoms with E-state index < -0.39 is 0 Å². The van der Waals surface area contributed by atoms with Gasteiger partial charge in [-0.25, -0.2) is 0 Å². The topological polar surface area (TPSA) is 130 Å². The smallest absolute Gasteiger partial charge is 0.272 e. The van der Waals surface area contributed by atoms with E-state index >= 15 is 0 Å². The Balaban J connectivity index is 1.38. The summed E-state index contributed by atoms with van der Waals surface area (Å²) in [5.74, 6) is -0.855. The van der Waals surface area contributed by atoms with Gasteiger partial charge in [-0.2, -0.15) is 5.10 Å². The molecule has 1 unspecified atom stereocenters. The number of aryl methyl sites for hydroxylation is 1. The van der Waals surface area contributed by atoms with Crippen LogP contribution in [0.4, 0.5) is 0 Å². The summed E-state index contributed by atoms with van der Waals surface area (Å²) in [5, 5.41) is 10.5. The molecule has 0 saturated heterocycles. The third-order valence-corrected chi connectivity index (χ3v) is 7.94. The number of hydrogen-bond acceptors (Lipinski definition) is 6. The molecule has 0 spiro atoms. The highest BCUT2D eigenvalue weighted by atomic mass is 16.2. The van der Waals surface area contributed by atoms with Gasteiger partial charge in [0.2, 0.25) is 11.8 Å². The molecule has 0 saturated carbocycles. The molecule has 220 valence electrons. The van der Waals surface area contributed by atoms with Gasteiger partial charge in [-0.1, -0.05) is 30.3 Å². The van der Waals surface area contributed by atoms with Crippen LogP contribution in [0.25, 0.3) is 0 Å². The van der Waals surface area contributed by atoms with E-state index in [1.54, 1.807) is 39.0 Å². The molecular weight excluding hydrogens is 534 g/mol. The van der Waals surface area contributed by atoms with E-state index in [4.69, 9.17) is 0 Å². The standard InChI is InChI=1S/C31H37N7O4/c1-36-26-10-9-24-20-25(26)29(35-36)30(41)33-16-19-37(31(42)23-11-14-32-15-12-23)17-5-8-28(40)38(21-27(39)34-24)18-13-22-6-3-2-4-7-22/h2-4,6-7,11-12,14-15,24H,5,8-10,13,16-21H2,1H3,(H,33,41)(H,34,39). The monoisotopic (exact) mass is 571 g/mol. The van der Waals surface area contributed by atoms with Crippen molar-refractivity contribution in [3.05, 3.63) is 82.9 Å². The average molecular weight is 572 g/mol. The van der Waals surface area contributed by atoms with Crippen LogP contribution in [0.2, 0.25) is 0 Å². The summed E-state index contributed by atoms with van der Waals surface area (Å²) in [7, 11) is 1.83. The van der Waals surface area contributed by atoms with Gasteiger partial charge in [-0.3, -0.25) is 28.8 Å². The summed E-state index contributed by atoms with van der Waals surface area (Å²) >= 11 is 0. The van der Waals surface area contributed by atoms with Gasteiger partial charge < -0.3 is 20.4 Å². The summed E-state index contributed by atoms with van der Waals surface area (Å²) in [6.45, 7) is 1.20. The second-order valence-corrected chi connectivity index (χ2v) is 10.8. The molecule has 11 nitrogen and oxygen atoms in total. The molecule has 1 aliphatic carbocycles. The molecule has 0 radical (unpaired) electrons. The quantitative estimate of drug-likeness (QED) is 0.489. The minimum absolute atomic E-state index is 0.0466. The fourth-order valence-electron chi connectivity index (χ4n) is 5.70. The van der Waals surface area contributed by atoms with Gasteiger partial charge in [-0.05, 0) is 49.8 Å². The Morgan fingerprint density at radius 2 is 1.81 bits per heavy atom. The van der Waals surface area contributed by atoms with Crippen molar-refractivity contribution in [3.8, 4) is 0 Å². The first-order valence-corrected chi connectivity index (χ1v) is 14.5. The van der Waals surface area contributed by atoms with Crippen LogP contribution in [0.5, 0.6) is 0 Å². The van der Waals surface area contributed by atoms with Crippen LogP contribution in [0.1, 0.15) is 56.9 Å². The van der Waals surface area contributed by atoms with E-state index in [0.29, 0.717) is 50.0 Å². The van der Waals surface area contributed by atoms with E-state index in [1.807, 2.05) is 37.4 Å². The number of amides is 4. The zero-order valence-corrected chi connectivity index (χ0v) is 23.9. The molecule has 1 atom stereocenters. The number of benzene rings is 1. The van der Waals surface area contributed by atoms with E-state index in [-0.39, 0.29) is 55.7 Å². The van der Waals surface area contributed by atoms with Gasteiger partial charge in [0.1, 0.15) is 0 Å². The molecule has 11 heteroatoms. The fraction of sp³-hybridized carbons (Fsp3) is 0.419. The lowest BCUT2D eigenvalue weighted by atomic mass is 9.91. The molecular formula is C31H37N7O4. The summed E-state index contributed by atoms with van der Waals surface area (Å²) in [6, 6.07) is 13.0. The van der Waals surface area contributed by atoms with Crippen molar-refractivity contribution >= 4 is 23.6 Å². The highest BCUT2D eigenvalue weighted by molar-refractivity contribution is 5.95. The van der Waals surface area contributed by atoms with Crippen LogP contribution in [-0.4, -0.2) is 87.0 Å². The SMILES string of the molecule is Cn1nc2c3c1CCC(C3)NC(=O)CN(CCc1ccccc1)C(=O)CCCN(C(=O)c1ccncc1)CCNC2=O. The minimum atomic E-state index is -0.304. The third kappa shape index (κ3) is 7.02. The zero-order chi connectivity index (χ0) is 29.5. The van der Waals surface area contributed by atoms with Crippen molar-refractivity contribution in [2.75, 3.05) is 32.7 Å². The van der Waals surface area contributed by atoms with Crippen LogP contribution in [0, 0.1) is 0 Å². The molecule has 42 heavy (non-hydrogen) atoms. The first kappa shape index (κ1) is 29.0. The number of rotatable bonds is 4. The molecule has 1 aliphatic heterocycles. The Kier molecular flexibility index (Phi) is 9.25. The predicted octanol–water partition coefficient (Wildman–Crippen LogP) is 1.53. The summed E-state index contributed by atoms with van der Waals surface area (Å²) in [4.78, 5) is 60.4. The number of fused-ring (bicyclic) bond motifs is 1. The Labute approximate surface area is 245 Å². The van der Waals surface area contributed by atoms with Gasteiger partial charge in [0.05, 0.1) is 6.54 Å².